The van der Waals surface area contributed by atoms with E-state index in [9.17, 15) is 14.9 Å². The molecule has 0 bridgehead atoms. The van der Waals surface area contributed by atoms with Crippen LogP contribution in [0.3, 0.4) is 0 Å². The van der Waals surface area contributed by atoms with Crippen molar-refractivity contribution in [1.29, 1.82) is 0 Å². The van der Waals surface area contributed by atoms with Crippen molar-refractivity contribution in [2.24, 2.45) is 5.10 Å². The highest BCUT2D eigenvalue weighted by molar-refractivity contribution is 5.95. The maximum atomic E-state index is 11.9. The maximum Gasteiger partial charge on any atom is 0.271 e. The summed E-state index contributed by atoms with van der Waals surface area (Å²) in [7, 11) is 1.54. The number of benzene rings is 2. The van der Waals surface area contributed by atoms with E-state index in [-0.39, 0.29) is 11.3 Å². The van der Waals surface area contributed by atoms with Gasteiger partial charge in [-0.2, -0.15) is 5.10 Å². The number of non-ortho nitro benzene ring substituents is 1. The molecular weight excluding hydrogens is 326 g/mol. The van der Waals surface area contributed by atoms with Crippen LogP contribution in [0.5, 0.6) is 11.5 Å². The standard InChI is InChI=1S/C17H17N3O5/c1-3-25-15-9-4-12(10-16(15)24-2)11-18-19-17(21)13-5-7-14(8-6-13)20(22)23/h4-11H,3H2,1-2H3,(H,19,21)/b18-11+. The molecule has 0 fully saturated rings. The van der Waals surface area contributed by atoms with Gasteiger partial charge in [-0.15, -0.1) is 0 Å². The van der Waals surface area contributed by atoms with E-state index in [0.29, 0.717) is 23.7 Å². The lowest BCUT2D eigenvalue weighted by Crippen LogP contribution is -2.17. The van der Waals surface area contributed by atoms with E-state index < -0.39 is 10.8 Å². The number of carbonyl (C=O) groups excluding carboxylic acids is 1. The van der Waals surface area contributed by atoms with Gasteiger partial charge in [-0.1, -0.05) is 0 Å². The second kappa shape index (κ2) is 8.44. The highest BCUT2D eigenvalue weighted by atomic mass is 16.6. The Morgan fingerprint density at radius 3 is 2.56 bits per heavy atom. The Balaban J connectivity index is 2.02. The van der Waals surface area contributed by atoms with E-state index in [2.05, 4.69) is 10.5 Å². The Morgan fingerprint density at radius 2 is 1.96 bits per heavy atom. The number of nitro groups is 1. The van der Waals surface area contributed by atoms with Crippen LogP contribution in [0.1, 0.15) is 22.8 Å². The molecule has 2 aromatic carbocycles. The van der Waals surface area contributed by atoms with E-state index in [1.54, 1.807) is 18.2 Å². The number of hydrazone groups is 1. The zero-order valence-corrected chi connectivity index (χ0v) is 13.8. The van der Waals surface area contributed by atoms with Crippen molar-refractivity contribution in [3.05, 3.63) is 63.7 Å². The average Bonchev–Trinajstić information content (AvgIpc) is 2.63. The average molecular weight is 343 g/mol. The van der Waals surface area contributed by atoms with E-state index in [1.807, 2.05) is 6.92 Å². The summed E-state index contributed by atoms with van der Waals surface area (Å²) in [6.45, 7) is 2.40. The summed E-state index contributed by atoms with van der Waals surface area (Å²) in [5, 5.41) is 14.5. The fourth-order valence-electron chi connectivity index (χ4n) is 2.00. The number of nitro benzene ring substituents is 1. The fraction of sp³-hybridized carbons (Fsp3) is 0.176. The first kappa shape index (κ1) is 17.9. The molecule has 2 aromatic rings. The monoisotopic (exact) mass is 343 g/mol. The summed E-state index contributed by atoms with van der Waals surface area (Å²) in [5.74, 6) is 0.716. The molecule has 0 atom stereocenters. The third-order valence-corrected chi connectivity index (χ3v) is 3.21. The zero-order valence-electron chi connectivity index (χ0n) is 13.8. The Bertz CT molecular complexity index is 787. The number of amides is 1. The Morgan fingerprint density at radius 1 is 1.24 bits per heavy atom. The van der Waals surface area contributed by atoms with Crippen LogP contribution in [0.2, 0.25) is 0 Å². The minimum Gasteiger partial charge on any atom is -0.493 e. The molecule has 8 heteroatoms. The fourth-order valence-corrected chi connectivity index (χ4v) is 2.00. The molecule has 0 aliphatic rings. The highest BCUT2D eigenvalue weighted by Crippen LogP contribution is 2.27. The van der Waals surface area contributed by atoms with Gasteiger partial charge in [-0.05, 0) is 42.8 Å². The number of carbonyl (C=O) groups is 1. The Kier molecular flexibility index (Phi) is 6.05. The maximum absolute atomic E-state index is 11.9. The van der Waals surface area contributed by atoms with Gasteiger partial charge in [-0.3, -0.25) is 14.9 Å². The molecule has 25 heavy (non-hydrogen) atoms. The number of hydrogen-bond donors (Lipinski definition) is 1. The Labute approximate surface area is 144 Å². The number of rotatable bonds is 7. The zero-order chi connectivity index (χ0) is 18.2. The summed E-state index contributed by atoms with van der Waals surface area (Å²) in [4.78, 5) is 22.0. The second-order valence-corrected chi connectivity index (χ2v) is 4.85. The molecular formula is C17H17N3O5. The van der Waals surface area contributed by atoms with Crippen molar-refractivity contribution < 1.29 is 19.2 Å². The van der Waals surface area contributed by atoms with Crippen molar-refractivity contribution in [3.8, 4) is 11.5 Å². The van der Waals surface area contributed by atoms with Crippen LogP contribution in [0, 0.1) is 10.1 Å². The molecule has 0 aliphatic carbocycles. The van der Waals surface area contributed by atoms with E-state index in [4.69, 9.17) is 9.47 Å². The molecule has 0 aromatic heterocycles. The van der Waals surface area contributed by atoms with Crippen molar-refractivity contribution in [2.75, 3.05) is 13.7 Å². The van der Waals surface area contributed by atoms with Gasteiger partial charge in [0.2, 0.25) is 0 Å². The molecule has 0 unspecified atom stereocenters. The molecule has 8 nitrogen and oxygen atoms in total. The van der Waals surface area contributed by atoms with Crippen LogP contribution in [0.4, 0.5) is 5.69 Å². The van der Waals surface area contributed by atoms with Gasteiger partial charge in [-0.25, -0.2) is 5.43 Å². The first-order valence-electron chi connectivity index (χ1n) is 7.44. The summed E-state index contributed by atoms with van der Waals surface area (Å²) >= 11 is 0. The van der Waals surface area contributed by atoms with E-state index in [0.717, 1.165) is 0 Å². The van der Waals surface area contributed by atoms with Crippen LogP contribution in [-0.4, -0.2) is 30.8 Å². The van der Waals surface area contributed by atoms with Crippen molar-refractivity contribution in [2.45, 2.75) is 6.92 Å². The summed E-state index contributed by atoms with van der Waals surface area (Å²) in [6.07, 6.45) is 1.46. The second-order valence-electron chi connectivity index (χ2n) is 4.85. The largest absolute Gasteiger partial charge is 0.493 e. The molecule has 0 radical (unpaired) electrons. The molecule has 0 saturated carbocycles. The van der Waals surface area contributed by atoms with Crippen molar-refractivity contribution in [3.63, 3.8) is 0 Å². The lowest BCUT2D eigenvalue weighted by atomic mass is 10.2. The molecule has 0 aliphatic heterocycles. The molecule has 0 saturated heterocycles. The number of methoxy groups -OCH3 is 1. The third-order valence-electron chi connectivity index (χ3n) is 3.21. The molecule has 2 rings (SSSR count). The van der Waals surface area contributed by atoms with Crippen LogP contribution in [0.15, 0.2) is 47.6 Å². The molecule has 0 heterocycles. The molecule has 1 N–H and O–H groups in total. The third kappa shape index (κ3) is 4.77. The van der Waals surface area contributed by atoms with Crippen molar-refractivity contribution >= 4 is 17.8 Å². The SMILES string of the molecule is CCOc1ccc(/C=N/NC(=O)c2ccc([N+](=O)[O-])cc2)cc1OC. The quantitative estimate of drug-likeness (QED) is 0.473. The van der Waals surface area contributed by atoms with Crippen LogP contribution < -0.4 is 14.9 Å². The van der Waals surface area contributed by atoms with Crippen LogP contribution in [-0.2, 0) is 0 Å². The van der Waals surface area contributed by atoms with Gasteiger partial charge in [0.15, 0.2) is 11.5 Å². The van der Waals surface area contributed by atoms with Gasteiger partial charge in [0.1, 0.15) is 0 Å². The predicted octanol–water partition coefficient (Wildman–Crippen LogP) is 2.77. The smallest absolute Gasteiger partial charge is 0.271 e. The number of ether oxygens (including phenoxy) is 2. The summed E-state index contributed by atoms with van der Waals surface area (Å²) < 4.78 is 10.7. The van der Waals surface area contributed by atoms with Gasteiger partial charge < -0.3 is 9.47 Å². The number of nitrogens with one attached hydrogen (secondary N) is 1. The summed E-state index contributed by atoms with van der Waals surface area (Å²) in [5.41, 5.74) is 3.26. The summed E-state index contributed by atoms with van der Waals surface area (Å²) in [6, 6.07) is 10.5. The molecule has 0 spiro atoms. The minimum atomic E-state index is -0.529. The Hall–Kier alpha value is -3.42. The highest BCUT2D eigenvalue weighted by Gasteiger charge is 2.08. The molecule has 1 amide bonds. The van der Waals surface area contributed by atoms with Gasteiger partial charge in [0.05, 0.1) is 24.9 Å². The minimum absolute atomic E-state index is 0.0819. The number of hydrogen-bond acceptors (Lipinski definition) is 6. The van der Waals surface area contributed by atoms with Crippen LogP contribution >= 0.6 is 0 Å². The lowest BCUT2D eigenvalue weighted by molar-refractivity contribution is -0.384. The van der Waals surface area contributed by atoms with Crippen LogP contribution in [0.25, 0.3) is 0 Å². The number of nitrogens with zero attached hydrogens (tertiary/aromatic N) is 2. The lowest BCUT2D eigenvalue weighted by Gasteiger charge is -2.09. The van der Waals surface area contributed by atoms with Gasteiger partial charge in [0.25, 0.3) is 11.6 Å². The normalized spacial score (nSPS) is 10.5. The first-order chi connectivity index (χ1) is 12.0. The first-order valence-corrected chi connectivity index (χ1v) is 7.44. The predicted molar refractivity (Wildman–Crippen MR) is 92.3 cm³/mol. The van der Waals surface area contributed by atoms with E-state index >= 15 is 0 Å². The van der Waals surface area contributed by atoms with Gasteiger partial charge >= 0.3 is 0 Å². The van der Waals surface area contributed by atoms with E-state index in [1.165, 1.54) is 37.6 Å². The molecule has 130 valence electrons. The van der Waals surface area contributed by atoms with Gasteiger partial charge in [0, 0.05) is 17.7 Å². The van der Waals surface area contributed by atoms with Crippen molar-refractivity contribution in [1.82, 2.24) is 5.43 Å². The topological polar surface area (TPSA) is 103 Å².